The molecule has 0 radical (unpaired) electrons. The Morgan fingerprint density at radius 3 is 1.93 bits per heavy atom. The first-order valence-corrected chi connectivity index (χ1v) is 9.32. The van der Waals surface area contributed by atoms with Gasteiger partial charge in [0.05, 0.1) is 11.8 Å². The summed E-state index contributed by atoms with van der Waals surface area (Å²) in [5.74, 6) is -1.14. The summed E-state index contributed by atoms with van der Waals surface area (Å²) in [6.07, 6.45) is 0.535. The maximum atomic E-state index is 12.6. The number of hydrogen-bond donors (Lipinski definition) is 3. The fourth-order valence-electron chi connectivity index (χ4n) is 3.48. The van der Waals surface area contributed by atoms with Gasteiger partial charge in [0.15, 0.2) is 0 Å². The topological polar surface area (TPSA) is 87.3 Å². The van der Waals surface area contributed by atoms with E-state index in [2.05, 4.69) is 16.0 Å². The predicted molar refractivity (Wildman–Crippen MR) is 110 cm³/mol. The van der Waals surface area contributed by atoms with Crippen LogP contribution in [0.25, 0.3) is 0 Å². The number of aryl methyl sites for hydroxylation is 3. The van der Waals surface area contributed by atoms with Gasteiger partial charge in [-0.1, -0.05) is 23.8 Å². The minimum absolute atomic E-state index is 0.123. The van der Waals surface area contributed by atoms with Crippen molar-refractivity contribution in [2.75, 3.05) is 16.0 Å². The lowest BCUT2D eigenvalue weighted by Gasteiger charge is -2.13. The molecule has 0 saturated heterocycles. The standard InChI is InChI=1S/C22H25N3O3/c1-12-8-13(2)20(14(3)9-12)25-22(28)19-11-18(19)21(27)24-17-7-5-6-16(10-17)23-15(4)26/h5-10,18-19H,11H2,1-4H3,(H,23,26)(H,24,27)(H,25,28). The highest BCUT2D eigenvalue weighted by molar-refractivity contribution is 6.04. The Kier molecular flexibility index (Phi) is 5.49. The first-order chi connectivity index (χ1) is 13.2. The Hall–Kier alpha value is -3.15. The van der Waals surface area contributed by atoms with Gasteiger partial charge in [-0.25, -0.2) is 0 Å². The molecule has 1 saturated carbocycles. The van der Waals surface area contributed by atoms with Crippen molar-refractivity contribution in [1.82, 2.24) is 0 Å². The Balaban J connectivity index is 1.60. The van der Waals surface area contributed by atoms with Crippen LogP contribution < -0.4 is 16.0 Å². The molecule has 2 aromatic rings. The van der Waals surface area contributed by atoms with E-state index in [1.807, 2.05) is 32.9 Å². The van der Waals surface area contributed by atoms with E-state index in [9.17, 15) is 14.4 Å². The molecule has 0 aromatic heterocycles. The molecule has 146 valence electrons. The number of carbonyl (C=O) groups is 3. The third kappa shape index (κ3) is 4.57. The zero-order valence-electron chi connectivity index (χ0n) is 16.6. The van der Waals surface area contributed by atoms with Crippen molar-refractivity contribution in [1.29, 1.82) is 0 Å². The van der Waals surface area contributed by atoms with E-state index in [0.29, 0.717) is 17.8 Å². The summed E-state index contributed by atoms with van der Waals surface area (Å²) in [5.41, 5.74) is 5.21. The van der Waals surface area contributed by atoms with Gasteiger partial charge in [-0.05, 0) is 56.5 Å². The van der Waals surface area contributed by atoms with Gasteiger partial charge in [-0.2, -0.15) is 0 Å². The largest absolute Gasteiger partial charge is 0.326 e. The number of hydrogen-bond acceptors (Lipinski definition) is 3. The summed E-state index contributed by atoms with van der Waals surface area (Å²) in [4.78, 5) is 36.2. The number of amides is 3. The summed E-state index contributed by atoms with van der Waals surface area (Å²) in [6.45, 7) is 7.38. The van der Waals surface area contributed by atoms with E-state index >= 15 is 0 Å². The van der Waals surface area contributed by atoms with E-state index in [1.165, 1.54) is 6.92 Å². The fraction of sp³-hybridized carbons (Fsp3) is 0.318. The number of benzene rings is 2. The highest BCUT2D eigenvalue weighted by Gasteiger charge is 2.48. The molecular weight excluding hydrogens is 354 g/mol. The van der Waals surface area contributed by atoms with Crippen LogP contribution in [0.2, 0.25) is 0 Å². The lowest BCUT2D eigenvalue weighted by Crippen LogP contribution is -2.21. The third-order valence-electron chi connectivity index (χ3n) is 4.84. The average Bonchev–Trinajstić information content (AvgIpc) is 3.38. The summed E-state index contributed by atoms with van der Waals surface area (Å²) in [5, 5.41) is 8.48. The zero-order valence-corrected chi connectivity index (χ0v) is 16.6. The van der Waals surface area contributed by atoms with Gasteiger partial charge in [0.25, 0.3) is 0 Å². The van der Waals surface area contributed by atoms with Crippen LogP contribution in [-0.4, -0.2) is 17.7 Å². The first-order valence-electron chi connectivity index (χ1n) is 9.32. The van der Waals surface area contributed by atoms with E-state index in [-0.39, 0.29) is 29.6 Å². The van der Waals surface area contributed by atoms with Crippen molar-refractivity contribution < 1.29 is 14.4 Å². The molecule has 2 unspecified atom stereocenters. The molecule has 0 spiro atoms. The van der Waals surface area contributed by atoms with Crippen LogP contribution in [0.15, 0.2) is 36.4 Å². The molecule has 1 aliphatic carbocycles. The molecule has 0 aliphatic heterocycles. The number of anilines is 3. The monoisotopic (exact) mass is 379 g/mol. The van der Waals surface area contributed by atoms with Gasteiger partial charge in [0.2, 0.25) is 17.7 Å². The highest BCUT2D eigenvalue weighted by atomic mass is 16.2. The molecule has 0 bridgehead atoms. The Morgan fingerprint density at radius 2 is 1.36 bits per heavy atom. The quantitative estimate of drug-likeness (QED) is 0.739. The number of nitrogens with one attached hydrogen (secondary N) is 3. The smallest absolute Gasteiger partial charge is 0.228 e. The number of carbonyl (C=O) groups excluding carboxylic acids is 3. The zero-order chi connectivity index (χ0) is 20.4. The van der Waals surface area contributed by atoms with Crippen LogP contribution >= 0.6 is 0 Å². The minimum atomic E-state index is -0.338. The molecule has 2 aromatic carbocycles. The lowest BCUT2D eigenvalue weighted by atomic mass is 10.0. The van der Waals surface area contributed by atoms with E-state index in [4.69, 9.17) is 0 Å². The molecule has 2 atom stereocenters. The normalized spacial score (nSPS) is 17.6. The summed E-state index contributed by atoms with van der Waals surface area (Å²) < 4.78 is 0. The van der Waals surface area contributed by atoms with Crippen molar-refractivity contribution in [3.8, 4) is 0 Å². The summed E-state index contributed by atoms with van der Waals surface area (Å²) >= 11 is 0. The molecule has 3 amide bonds. The molecule has 1 aliphatic rings. The molecular formula is C22H25N3O3. The van der Waals surface area contributed by atoms with Crippen molar-refractivity contribution >= 4 is 34.8 Å². The highest BCUT2D eigenvalue weighted by Crippen LogP contribution is 2.40. The second-order valence-electron chi connectivity index (χ2n) is 7.46. The summed E-state index contributed by atoms with van der Waals surface area (Å²) in [7, 11) is 0. The van der Waals surface area contributed by atoms with Crippen LogP contribution in [0.3, 0.4) is 0 Å². The van der Waals surface area contributed by atoms with Gasteiger partial charge in [0, 0.05) is 24.0 Å². The molecule has 1 fully saturated rings. The van der Waals surface area contributed by atoms with Crippen molar-refractivity contribution in [2.45, 2.75) is 34.1 Å². The van der Waals surface area contributed by atoms with Crippen molar-refractivity contribution in [3.63, 3.8) is 0 Å². The van der Waals surface area contributed by atoms with Crippen LogP contribution in [0.5, 0.6) is 0 Å². The molecule has 6 nitrogen and oxygen atoms in total. The first kappa shape index (κ1) is 19.6. The van der Waals surface area contributed by atoms with E-state index in [0.717, 1.165) is 22.4 Å². The van der Waals surface area contributed by atoms with Crippen molar-refractivity contribution in [3.05, 3.63) is 53.1 Å². The maximum Gasteiger partial charge on any atom is 0.228 e. The molecule has 3 N–H and O–H groups in total. The maximum absolute atomic E-state index is 12.6. The van der Waals surface area contributed by atoms with E-state index < -0.39 is 0 Å². The van der Waals surface area contributed by atoms with Crippen LogP contribution in [0, 0.1) is 32.6 Å². The van der Waals surface area contributed by atoms with Crippen LogP contribution in [0.4, 0.5) is 17.1 Å². The lowest BCUT2D eigenvalue weighted by molar-refractivity contribution is -0.122. The SMILES string of the molecule is CC(=O)Nc1cccc(NC(=O)C2CC2C(=O)Nc2c(C)cc(C)cc2C)c1. The van der Waals surface area contributed by atoms with Gasteiger partial charge < -0.3 is 16.0 Å². The third-order valence-corrected chi connectivity index (χ3v) is 4.84. The van der Waals surface area contributed by atoms with Gasteiger partial charge in [-0.15, -0.1) is 0 Å². The summed E-state index contributed by atoms with van der Waals surface area (Å²) in [6, 6.07) is 11.0. The fourth-order valence-corrected chi connectivity index (χ4v) is 3.48. The Morgan fingerprint density at radius 1 is 0.821 bits per heavy atom. The molecule has 6 heteroatoms. The van der Waals surface area contributed by atoms with E-state index in [1.54, 1.807) is 24.3 Å². The Labute approximate surface area is 164 Å². The molecule has 3 rings (SSSR count). The van der Waals surface area contributed by atoms with Crippen LogP contribution in [0.1, 0.15) is 30.0 Å². The second kappa shape index (κ2) is 7.84. The second-order valence-corrected chi connectivity index (χ2v) is 7.46. The Bertz CT molecular complexity index is 929. The number of rotatable bonds is 5. The predicted octanol–water partition coefficient (Wildman–Crippen LogP) is 3.78. The van der Waals surface area contributed by atoms with Crippen molar-refractivity contribution in [2.24, 2.45) is 11.8 Å². The van der Waals surface area contributed by atoms with Gasteiger partial charge in [-0.3, -0.25) is 14.4 Å². The molecule has 0 heterocycles. The van der Waals surface area contributed by atoms with Gasteiger partial charge >= 0.3 is 0 Å². The van der Waals surface area contributed by atoms with Gasteiger partial charge in [0.1, 0.15) is 0 Å². The van der Waals surface area contributed by atoms with Crippen LogP contribution in [-0.2, 0) is 14.4 Å². The minimum Gasteiger partial charge on any atom is -0.326 e. The molecule has 28 heavy (non-hydrogen) atoms. The average molecular weight is 379 g/mol.